The fourth-order valence-electron chi connectivity index (χ4n) is 3.44. The predicted octanol–water partition coefficient (Wildman–Crippen LogP) is 3.81. The van der Waals surface area contributed by atoms with Crippen LogP contribution in [0.25, 0.3) is 16.7 Å². The van der Waals surface area contributed by atoms with Crippen molar-refractivity contribution in [3.63, 3.8) is 0 Å². The number of para-hydroxylation sites is 2. The van der Waals surface area contributed by atoms with Crippen molar-refractivity contribution >= 4 is 28.7 Å². The minimum atomic E-state index is -0.273. The van der Waals surface area contributed by atoms with Gasteiger partial charge in [-0.05, 0) is 56.2 Å². The summed E-state index contributed by atoms with van der Waals surface area (Å²) in [5.74, 6) is 0.799. The Morgan fingerprint density at radius 2 is 2.10 bits per heavy atom. The highest BCUT2D eigenvalue weighted by Gasteiger charge is 2.22. The number of amides is 1. The average Bonchev–Trinajstić information content (AvgIpc) is 3.39. The van der Waals surface area contributed by atoms with Crippen LogP contribution in [0.15, 0.2) is 53.7 Å². The van der Waals surface area contributed by atoms with Crippen LogP contribution in [-0.4, -0.2) is 47.1 Å². The van der Waals surface area contributed by atoms with Gasteiger partial charge in [0.15, 0.2) is 5.16 Å². The summed E-state index contributed by atoms with van der Waals surface area (Å²) >= 11 is 1.46. The van der Waals surface area contributed by atoms with Crippen LogP contribution in [0.1, 0.15) is 19.8 Å². The maximum absolute atomic E-state index is 12.6. The lowest BCUT2D eigenvalue weighted by atomic mass is 10.2. The molecule has 1 aliphatic heterocycles. The molecule has 1 aliphatic rings. The molecule has 0 unspecified atom stereocenters. The van der Waals surface area contributed by atoms with Gasteiger partial charge in [0, 0.05) is 18.8 Å². The largest absolute Gasteiger partial charge is 0.497 e. The third-order valence-electron chi connectivity index (χ3n) is 5.04. The number of thioether (sulfide) groups is 1. The molecule has 0 spiro atoms. The molecule has 0 radical (unpaired) electrons. The molecule has 0 saturated carbocycles. The zero-order valence-corrected chi connectivity index (χ0v) is 17.4. The molecule has 0 bridgehead atoms. The number of hydrogen-bond acceptors (Lipinski definition) is 5. The first-order valence-corrected chi connectivity index (χ1v) is 10.7. The maximum atomic E-state index is 12.6. The van der Waals surface area contributed by atoms with Gasteiger partial charge in [-0.25, -0.2) is 4.98 Å². The summed E-state index contributed by atoms with van der Waals surface area (Å²) in [6.45, 7) is 3.27. The Balaban J connectivity index is 1.56. The number of aromatic nitrogens is 2. The standard InChI is InChI=1S/C22H25N3O3S/c1-15(21(26)23-14-18-6-5-13-28-18)29-22-24-19-7-3-4-8-20(19)25(22)16-9-11-17(27-2)12-10-16/h3-4,7-12,15,18H,5-6,13-14H2,1-2H3,(H,23,26)/t15-,18-/m0/s1. The van der Waals surface area contributed by atoms with Gasteiger partial charge in [0.25, 0.3) is 0 Å². The zero-order chi connectivity index (χ0) is 20.2. The Morgan fingerprint density at radius 1 is 1.31 bits per heavy atom. The molecule has 6 nitrogen and oxygen atoms in total. The molecular weight excluding hydrogens is 386 g/mol. The highest BCUT2D eigenvalue weighted by Crippen LogP contribution is 2.31. The number of imidazole rings is 1. The number of nitrogens with zero attached hydrogens (tertiary/aromatic N) is 2. The molecule has 2 heterocycles. The number of rotatable bonds is 7. The zero-order valence-electron chi connectivity index (χ0n) is 16.6. The monoisotopic (exact) mass is 411 g/mol. The Hall–Kier alpha value is -2.51. The second kappa shape index (κ2) is 8.88. The molecule has 7 heteroatoms. The van der Waals surface area contributed by atoms with E-state index in [2.05, 4.69) is 9.88 Å². The van der Waals surface area contributed by atoms with Gasteiger partial charge in [0.2, 0.25) is 5.91 Å². The predicted molar refractivity (Wildman–Crippen MR) is 115 cm³/mol. The van der Waals surface area contributed by atoms with Gasteiger partial charge in [0.1, 0.15) is 5.75 Å². The molecule has 1 fully saturated rings. The van der Waals surface area contributed by atoms with E-state index < -0.39 is 0 Å². The molecule has 4 rings (SSSR count). The van der Waals surface area contributed by atoms with Crippen LogP contribution in [0.5, 0.6) is 5.75 Å². The summed E-state index contributed by atoms with van der Waals surface area (Å²) in [4.78, 5) is 17.4. The van der Waals surface area contributed by atoms with Crippen LogP contribution in [0.2, 0.25) is 0 Å². The maximum Gasteiger partial charge on any atom is 0.233 e. The van der Waals surface area contributed by atoms with Gasteiger partial charge < -0.3 is 14.8 Å². The summed E-state index contributed by atoms with van der Waals surface area (Å²) in [6, 6.07) is 15.8. The lowest BCUT2D eigenvalue weighted by molar-refractivity contribution is -0.120. The van der Waals surface area contributed by atoms with E-state index >= 15 is 0 Å². The van der Waals surface area contributed by atoms with Gasteiger partial charge in [-0.2, -0.15) is 0 Å². The minimum absolute atomic E-state index is 0.00108. The number of carbonyl (C=O) groups excluding carboxylic acids is 1. The molecule has 1 N–H and O–H groups in total. The van der Waals surface area contributed by atoms with E-state index in [0.717, 1.165) is 47.1 Å². The van der Waals surface area contributed by atoms with Crippen molar-refractivity contribution in [2.24, 2.45) is 0 Å². The number of benzene rings is 2. The third kappa shape index (κ3) is 4.41. The number of methoxy groups -OCH3 is 1. The first-order valence-electron chi connectivity index (χ1n) is 9.83. The SMILES string of the molecule is COc1ccc(-n2c(S[C@@H](C)C(=O)NC[C@@H]3CCCO3)nc3ccccc32)cc1. The van der Waals surface area contributed by atoms with Crippen LogP contribution < -0.4 is 10.1 Å². The molecule has 2 aromatic carbocycles. The number of fused-ring (bicyclic) bond motifs is 1. The minimum Gasteiger partial charge on any atom is -0.497 e. The van der Waals surface area contributed by atoms with E-state index in [4.69, 9.17) is 14.5 Å². The van der Waals surface area contributed by atoms with Gasteiger partial charge in [0.05, 0.1) is 29.5 Å². The van der Waals surface area contributed by atoms with E-state index in [0.29, 0.717) is 6.54 Å². The first kappa shape index (κ1) is 19.8. The van der Waals surface area contributed by atoms with Crippen LogP contribution >= 0.6 is 11.8 Å². The smallest absolute Gasteiger partial charge is 0.233 e. The second-order valence-corrected chi connectivity index (χ2v) is 8.36. The number of hydrogen-bond donors (Lipinski definition) is 1. The van der Waals surface area contributed by atoms with Crippen LogP contribution in [0.4, 0.5) is 0 Å². The van der Waals surface area contributed by atoms with Crippen LogP contribution in [-0.2, 0) is 9.53 Å². The highest BCUT2D eigenvalue weighted by atomic mass is 32.2. The highest BCUT2D eigenvalue weighted by molar-refractivity contribution is 8.00. The normalized spacial score (nSPS) is 17.4. The lowest BCUT2D eigenvalue weighted by Crippen LogP contribution is -2.36. The molecule has 2 atom stereocenters. The fourth-order valence-corrected chi connectivity index (χ4v) is 4.41. The Kier molecular flexibility index (Phi) is 6.06. The van der Waals surface area contributed by atoms with Crippen molar-refractivity contribution in [2.45, 2.75) is 36.3 Å². The molecular formula is C22H25N3O3S. The van der Waals surface area contributed by atoms with Gasteiger partial charge in [-0.15, -0.1) is 0 Å². The van der Waals surface area contributed by atoms with Gasteiger partial charge in [-0.1, -0.05) is 23.9 Å². The fraction of sp³-hybridized carbons (Fsp3) is 0.364. The van der Waals surface area contributed by atoms with Crippen molar-refractivity contribution in [1.29, 1.82) is 0 Å². The van der Waals surface area contributed by atoms with E-state index in [1.54, 1.807) is 7.11 Å². The van der Waals surface area contributed by atoms with Gasteiger partial charge in [-0.3, -0.25) is 9.36 Å². The lowest BCUT2D eigenvalue weighted by Gasteiger charge is -2.15. The average molecular weight is 412 g/mol. The number of carbonyl (C=O) groups is 1. The Bertz CT molecular complexity index is 981. The Morgan fingerprint density at radius 3 is 2.83 bits per heavy atom. The van der Waals surface area contributed by atoms with E-state index in [1.807, 2.05) is 55.5 Å². The number of ether oxygens (including phenoxy) is 2. The molecule has 1 aromatic heterocycles. The molecule has 152 valence electrons. The first-order chi connectivity index (χ1) is 14.2. The van der Waals surface area contributed by atoms with Crippen LogP contribution in [0.3, 0.4) is 0 Å². The van der Waals surface area contributed by atoms with E-state index in [-0.39, 0.29) is 17.3 Å². The van der Waals surface area contributed by atoms with Gasteiger partial charge >= 0.3 is 0 Å². The molecule has 29 heavy (non-hydrogen) atoms. The van der Waals surface area contributed by atoms with Crippen molar-refractivity contribution < 1.29 is 14.3 Å². The summed E-state index contributed by atoms with van der Waals surface area (Å²) < 4.78 is 13.0. The number of nitrogens with one attached hydrogen (secondary N) is 1. The van der Waals surface area contributed by atoms with Crippen molar-refractivity contribution in [3.8, 4) is 11.4 Å². The topological polar surface area (TPSA) is 65.4 Å². The Labute approximate surface area is 174 Å². The summed E-state index contributed by atoms with van der Waals surface area (Å²) in [7, 11) is 1.65. The van der Waals surface area contributed by atoms with E-state index in [1.165, 1.54) is 11.8 Å². The van der Waals surface area contributed by atoms with E-state index in [9.17, 15) is 4.79 Å². The summed E-state index contributed by atoms with van der Waals surface area (Å²) in [6.07, 6.45) is 2.21. The quantitative estimate of drug-likeness (QED) is 0.599. The molecule has 1 amide bonds. The third-order valence-corrected chi connectivity index (χ3v) is 6.09. The summed E-state index contributed by atoms with van der Waals surface area (Å²) in [5, 5.41) is 3.53. The summed E-state index contributed by atoms with van der Waals surface area (Å²) in [5.41, 5.74) is 2.89. The molecule has 0 aliphatic carbocycles. The second-order valence-electron chi connectivity index (χ2n) is 7.06. The molecule has 1 saturated heterocycles. The van der Waals surface area contributed by atoms with Crippen molar-refractivity contribution in [2.75, 3.05) is 20.3 Å². The van der Waals surface area contributed by atoms with Crippen molar-refractivity contribution in [3.05, 3.63) is 48.5 Å². The molecule has 3 aromatic rings. The van der Waals surface area contributed by atoms with Crippen LogP contribution in [0, 0.1) is 0 Å². The van der Waals surface area contributed by atoms with Crippen molar-refractivity contribution in [1.82, 2.24) is 14.9 Å².